The van der Waals surface area contributed by atoms with Gasteiger partial charge in [-0.1, -0.05) is 15.9 Å². The molecule has 1 atom stereocenters. The van der Waals surface area contributed by atoms with Crippen LogP contribution < -0.4 is 5.32 Å². The minimum Gasteiger partial charge on any atom is -0.463 e. The quantitative estimate of drug-likeness (QED) is 0.619. The van der Waals surface area contributed by atoms with Crippen molar-refractivity contribution in [2.75, 3.05) is 18.2 Å². The van der Waals surface area contributed by atoms with Crippen molar-refractivity contribution in [3.63, 3.8) is 0 Å². The summed E-state index contributed by atoms with van der Waals surface area (Å²) < 4.78 is 5.00. The molecule has 0 spiro atoms. The number of rotatable bonds is 3. The summed E-state index contributed by atoms with van der Waals surface area (Å²) >= 11 is 5.13. The van der Waals surface area contributed by atoms with E-state index in [0.29, 0.717) is 6.61 Å². The molecule has 1 rings (SSSR count). The van der Waals surface area contributed by atoms with E-state index in [1.165, 1.54) is 0 Å². The number of hydrogen-bond donors (Lipinski definition) is 1. The molecule has 1 saturated heterocycles. The number of thioether (sulfide) groups is 1. The maximum atomic E-state index is 11.4. The van der Waals surface area contributed by atoms with Crippen molar-refractivity contribution in [2.24, 2.45) is 0 Å². The molecule has 0 aliphatic carbocycles. The van der Waals surface area contributed by atoms with Gasteiger partial charge in [-0.15, -0.1) is 11.8 Å². The van der Waals surface area contributed by atoms with E-state index >= 15 is 0 Å². The molecule has 3 nitrogen and oxygen atoms in total. The molecule has 1 aliphatic rings. The smallest absolute Gasteiger partial charge is 0.324 e. The fraction of sp³-hybridized carbons (Fsp3) is 0.875. The number of alkyl halides is 1. The van der Waals surface area contributed by atoms with Gasteiger partial charge in [-0.25, -0.2) is 0 Å². The highest BCUT2D eigenvalue weighted by Crippen LogP contribution is 2.17. The summed E-state index contributed by atoms with van der Waals surface area (Å²) in [5.74, 6) is 1.52. The van der Waals surface area contributed by atoms with Crippen LogP contribution in [-0.2, 0) is 9.53 Å². The lowest BCUT2D eigenvalue weighted by Gasteiger charge is -2.17. The standard InChI is InChI=1S/C8H14BrNO2S/c1-8(2,9)4-12-7(11)6-3-13-5-10-6/h6,10H,3-5H2,1-2H3. The van der Waals surface area contributed by atoms with Crippen molar-refractivity contribution in [2.45, 2.75) is 24.2 Å². The van der Waals surface area contributed by atoms with Crippen molar-refractivity contribution in [3.05, 3.63) is 0 Å². The molecular weight excluding hydrogens is 254 g/mol. The van der Waals surface area contributed by atoms with Crippen LogP contribution in [0.1, 0.15) is 13.8 Å². The Balaban J connectivity index is 2.25. The Bertz CT molecular complexity index is 187. The molecule has 1 aliphatic heterocycles. The molecule has 76 valence electrons. The number of nitrogens with one attached hydrogen (secondary N) is 1. The number of halogens is 1. The van der Waals surface area contributed by atoms with Gasteiger partial charge in [0.1, 0.15) is 12.6 Å². The predicted octanol–water partition coefficient (Wildman–Crippen LogP) is 1.37. The van der Waals surface area contributed by atoms with E-state index in [1.807, 2.05) is 13.8 Å². The van der Waals surface area contributed by atoms with E-state index in [0.717, 1.165) is 11.6 Å². The van der Waals surface area contributed by atoms with Gasteiger partial charge < -0.3 is 4.74 Å². The average Bonchev–Trinajstić information content (AvgIpc) is 2.50. The van der Waals surface area contributed by atoms with E-state index < -0.39 is 0 Å². The van der Waals surface area contributed by atoms with E-state index in [-0.39, 0.29) is 16.3 Å². The summed E-state index contributed by atoms with van der Waals surface area (Å²) in [5.41, 5.74) is 0. The maximum absolute atomic E-state index is 11.4. The molecule has 0 aromatic rings. The minimum atomic E-state index is -0.141. The SMILES string of the molecule is CC(C)(Br)COC(=O)C1CSCN1. The van der Waals surface area contributed by atoms with Crippen molar-refractivity contribution < 1.29 is 9.53 Å². The van der Waals surface area contributed by atoms with Gasteiger partial charge in [-0.05, 0) is 13.8 Å². The van der Waals surface area contributed by atoms with Crippen LogP contribution in [0.2, 0.25) is 0 Å². The van der Waals surface area contributed by atoms with Crippen LogP contribution in [0.25, 0.3) is 0 Å². The Morgan fingerprint density at radius 1 is 1.77 bits per heavy atom. The lowest BCUT2D eigenvalue weighted by Crippen LogP contribution is -2.36. The van der Waals surface area contributed by atoms with Crippen LogP contribution in [0.4, 0.5) is 0 Å². The third-order valence-corrected chi connectivity index (χ3v) is 2.73. The number of carbonyl (C=O) groups is 1. The zero-order chi connectivity index (χ0) is 9.90. The molecule has 1 N–H and O–H groups in total. The highest BCUT2D eigenvalue weighted by Gasteiger charge is 2.25. The summed E-state index contributed by atoms with van der Waals surface area (Å²) in [4.78, 5) is 11.4. The summed E-state index contributed by atoms with van der Waals surface area (Å²) in [6, 6.07) is -0.111. The Labute approximate surface area is 91.1 Å². The van der Waals surface area contributed by atoms with Gasteiger partial charge in [0.05, 0.1) is 4.32 Å². The number of ether oxygens (including phenoxy) is 1. The van der Waals surface area contributed by atoms with Crippen LogP contribution in [0.5, 0.6) is 0 Å². The molecule has 1 fully saturated rings. The molecule has 0 bridgehead atoms. The molecule has 0 saturated carbocycles. The highest BCUT2D eigenvalue weighted by atomic mass is 79.9. The lowest BCUT2D eigenvalue weighted by molar-refractivity contribution is -0.145. The zero-order valence-corrected chi connectivity index (χ0v) is 10.2. The first kappa shape index (κ1) is 11.3. The number of esters is 1. The van der Waals surface area contributed by atoms with Crippen LogP contribution in [0.15, 0.2) is 0 Å². The number of carbonyl (C=O) groups excluding carboxylic acids is 1. The molecule has 1 heterocycles. The summed E-state index contributed by atoms with van der Waals surface area (Å²) in [5, 5.41) is 3.07. The van der Waals surface area contributed by atoms with Gasteiger partial charge in [0.15, 0.2) is 0 Å². The van der Waals surface area contributed by atoms with E-state index in [2.05, 4.69) is 21.2 Å². The summed E-state index contributed by atoms with van der Waals surface area (Å²) in [6.45, 7) is 4.35. The van der Waals surface area contributed by atoms with Crippen LogP contribution in [0, 0.1) is 0 Å². The fourth-order valence-electron chi connectivity index (χ4n) is 0.890. The lowest BCUT2D eigenvalue weighted by atomic mass is 10.2. The van der Waals surface area contributed by atoms with E-state index in [9.17, 15) is 4.79 Å². The van der Waals surface area contributed by atoms with Gasteiger partial charge in [-0.3, -0.25) is 10.1 Å². The van der Waals surface area contributed by atoms with Gasteiger partial charge in [-0.2, -0.15) is 0 Å². The minimum absolute atomic E-state index is 0.111. The van der Waals surface area contributed by atoms with Crippen molar-refractivity contribution in [1.82, 2.24) is 5.32 Å². The average molecular weight is 268 g/mol. The molecule has 13 heavy (non-hydrogen) atoms. The van der Waals surface area contributed by atoms with Crippen molar-refractivity contribution in [1.29, 1.82) is 0 Å². The van der Waals surface area contributed by atoms with Gasteiger partial charge in [0.25, 0.3) is 0 Å². The first-order valence-electron chi connectivity index (χ1n) is 4.16. The molecule has 0 radical (unpaired) electrons. The monoisotopic (exact) mass is 267 g/mol. The van der Waals surface area contributed by atoms with Gasteiger partial charge in [0.2, 0.25) is 0 Å². The number of hydrogen-bond acceptors (Lipinski definition) is 4. The van der Waals surface area contributed by atoms with E-state index in [1.54, 1.807) is 11.8 Å². The molecule has 0 aromatic carbocycles. The topological polar surface area (TPSA) is 38.3 Å². The largest absolute Gasteiger partial charge is 0.463 e. The second-order valence-corrected chi connectivity index (χ2v) is 6.78. The van der Waals surface area contributed by atoms with Gasteiger partial charge in [0, 0.05) is 11.6 Å². The summed E-state index contributed by atoms with van der Waals surface area (Å²) in [7, 11) is 0. The molecule has 5 heteroatoms. The first-order valence-corrected chi connectivity index (χ1v) is 6.10. The Morgan fingerprint density at radius 2 is 2.46 bits per heavy atom. The Hall–Kier alpha value is 0.260. The Kier molecular flexibility index (Phi) is 4.06. The van der Waals surface area contributed by atoms with E-state index in [4.69, 9.17) is 4.74 Å². The second kappa shape index (κ2) is 4.66. The molecular formula is C8H14BrNO2S. The van der Waals surface area contributed by atoms with Crippen LogP contribution in [0.3, 0.4) is 0 Å². The predicted molar refractivity (Wildman–Crippen MR) is 58.2 cm³/mol. The van der Waals surface area contributed by atoms with Crippen molar-refractivity contribution in [3.8, 4) is 0 Å². The van der Waals surface area contributed by atoms with Crippen molar-refractivity contribution >= 4 is 33.7 Å². The Morgan fingerprint density at radius 3 is 2.92 bits per heavy atom. The third kappa shape index (κ3) is 4.33. The molecule has 0 amide bonds. The maximum Gasteiger partial charge on any atom is 0.324 e. The summed E-state index contributed by atoms with van der Waals surface area (Å²) in [6.07, 6.45) is 0. The second-order valence-electron chi connectivity index (χ2n) is 3.60. The fourth-order valence-corrected chi connectivity index (χ4v) is 1.93. The zero-order valence-electron chi connectivity index (χ0n) is 7.80. The molecule has 0 aromatic heterocycles. The van der Waals surface area contributed by atoms with Crippen LogP contribution in [-0.4, -0.2) is 34.6 Å². The molecule has 1 unspecified atom stereocenters. The first-order chi connectivity index (χ1) is 5.99. The van der Waals surface area contributed by atoms with Gasteiger partial charge >= 0.3 is 5.97 Å². The normalized spacial score (nSPS) is 23.2. The third-order valence-electron chi connectivity index (χ3n) is 1.56. The highest BCUT2D eigenvalue weighted by molar-refractivity contribution is 9.10. The van der Waals surface area contributed by atoms with Crippen LogP contribution >= 0.6 is 27.7 Å².